The van der Waals surface area contributed by atoms with Crippen LogP contribution in [0.2, 0.25) is 5.02 Å². The fourth-order valence-electron chi connectivity index (χ4n) is 1.91. The van der Waals surface area contributed by atoms with Crippen molar-refractivity contribution in [1.82, 2.24) is 9.97 Å². The maximum atomic E-state index is 6.20. The summed E-state index contributed by atoms with van der Waals surface area (Å²) >= 11 is 6.20. The van der Waals surface area contributed by atoms with Gasteiger partial charge < -0.3 is 10.6 Å². The molecule has 0 aliphatic heterocycles. The second-order valence-electron chi connectivity index (χ2n) is 4.13. The fourth-order valence-corrected chi connectivity index (χ4v) is 2.14. The molecule has 0 bridgehead atoms. The van der Waals surface area contributed by atoms with E-state index >= 15 is 0 Å². The zero-order valence-corrected chi connectivity index (χ0v) is 11.9. The first-order valence-electron chi connectivity index (χ1n) is 6.30. The van der Waals surface area contributed by atoms with Crippen LogP contribution < -0.4 is 10.6 Å². The van der Waals surface area contributed by atoms with Gasteiger partial charge in [0, 0.05) is 29.7 Å². The van der Waals surface area contributed by atoms with Crippen LogP contribution in [0.5, 0.6) is 0 Å². The van der Waals surface area contributed by atoms with Crippen LogP contribution in [0.15, 0.2) is 30.3 Å². The Morgan fingerprint density at radius 3 is 2.47 bits per heavy atom. The summed E-state index contributed by atoms with van der Waals surface area (Å²) in [5.41, 5.74) is 7.49. The lowest BCUT2D eigenvalue weighted by Gasteiger charge is -2.19. The van der Waals surface area contributed by atoms with Crippen LogP contribution in [0.1, 0.15) is 13.8 Å². The Bertz CT molecular complexity index is 567. The predicted octanol–water partition coefficient (Wildman–Crippen LogP) is 3.23. The molecular formula is C14H17ClN4. The Morgan fingerprint density at radius 2 is 1.84 bits per heavy atom. The van der Waals surface area contributed by atoms with Crippen molar-refractivity contribution in [3.63, 3.8) is 0 Å². The Labute approximate surface area is 118 Å². The van der Waals surface area contributed by atoms with Crippen molar-refractivity contribution in [3.05, 3.63) is 35.4 Å². The van der Waals surface area contributed by atoms with E-state index in [0.717, 1.165) is 24.3 Å². The Balaban J connectivity index is 2.51. The molecule has 2 rings (SSSR count). The Hall–Kier alpha value is -1.81. The lowest BCUT2D eigenvalue weighted by Crippen LogP contribution is -2.24. The summed E-state index contributed by atoms with van der Waals surface area (Å²) in [5, 5.41) is 0.658. The van der Waals surface area contributed by atoms with Crippen molar-refractivity contribution in [2.24, 2.45) is 0 Å². The number of hydrogen-bond acceptors (Lipinski definition) is 4. The van der Waals surface area contributed by atoms with Gasteiger partial charge >= 0.3 is 0 Å². The maximum absolute atomic E-state index is 6.20. The fraction of sp³-hybridized carbons (Fsp3) is 0.286. The van der Waals surface area contributed by atoms with Crippen LogP contribution in [-0.4, -0.2) is 23.1 Å². The molecule has 0 saturated carbocycles. The quantitative estimate of drug-likeness (QED) is 0.931. The standard InChI is InChI=1S/C14H17ClN4/c1-3-19(4-2)14-17-12(9-13(16)18-14)10-7-5-6-8-11(10)15/h5-9H,3-4H2,1-2H3,(H2,16,17,18). The zero-order chi connectivity index (χ0) is 13.8. The minimum Gasteiger partial charge on any atom is -0.384 e. The monoisotopic (exact) mass is 276 g/mol. The molecule has 2 N–H and O–H groups in total. The first-order chi connectivity index (χ1) is 9.15. The van der Waals surface area contributed by atoms with E-state index in [1.165, 1.54) is 0 Å². The largest absolute Gasteiger partial charge is 0.384 e. The van der Waals surface area contributed by atoms with Crippen LogP contribution in [0.25, 0.3) is 11.3 Å². The van der Waals surface area contributed by atoms with Gasteiger partial charge in [-0.1, -0.05) is 29.8 Å². The van der Waals surface area contributed by atoms with Gasteiger partial charge in [0.2, 0.25) is 5.95 Å². The molecule has 5 heteroatoms. The highest BCUT2D eigenvalue weighted by Crippen LogP contribution is 2.28. The van der Waals surface area contributed by atoms with Gasteiger partial charge in [-0.25, -0.2) is 4.98 Å². The smallest absolute Gasteiger partial charge is 0.227 e. The SMILES string of the molecule is CCN(CC)c1nc(N)cc(-c2ccccc2Cl)n1. The summed E-state index contributed by atoms with van der Waals surface area (Å²) in [5.74, 6) is 1.09. The van der Waals surface area contributed by atoms with Crippen molar-refractivity contribution >= 4 is 23.4 Å². The highest BCUT2D eigenvalue weighted by Gasteiger charge is 2.11. The van der Waals surface area contributed by atoms with Gasteiger partial charge in [-0.15, -0.1) is 0 Å². The molecule has 0 atom stereocenters. The van der Waals surface area contributed by atoms with E-state index in [1.54, 1.807) is 6.07 Å². The molecular weight excluding hydrogens is 260 g/mol. The maximum Gasteiger partial charge on any atom is 0.227 e. The third kappa shape index (κ3) is 2.96. The molecule has 1 heterocycles. The average Bonchev–Trinajstić information content (AvgIpc) is 2.40. The second kappa shape index (κ2) is 5.89. The summed E-state index contributed by atoms with van der Waals surface area (Å²) < 4.78 is 0. The van der Waals surface area contributed by atoms with Crippen LogP contribution >= 0.6 is 11.6 Å². The molecule has 0 radical (unpaired) electrons. The molecule has 1 aromatic carbocycles. The molecule has 100 valence electrons. The molecule has 0 spiro atoms. The van der Waals surface area contributed by atoms with E-state index in [2.05, 4.69) is 28.7 Å². The molecule has 1 aromatic heterocycles. The van der Waals surface area contributed by atoms with E-state index < -0.39 is 0 Å². The molecule has 0 aliphatic carbocycles. The molecule has 19 heavy (non-hydrogen) atoms. The van der Waals surface area contributed by atoms with Crippen molar-refractivity contribution in [2.45, 2.75) is 13.8 Å². The highest BCUT2D eigenvalue weighted by atomic mass is 35.5. The number of hydrogen-bond donors (Lipinski definition) is 1. The normalized spacial score (nSPS) is 10.5. The van der Waals surface area contributed by atoms with Gasteiger partial charge in [0.25, 0.3) is 0 Å². The van der Waals surface area contributed by atoms with Gasteiger partial charge in [-0.05, 0) is 19.9 Å². The van der Waals surface area contributed by atoms with E-state index in [4.69, 9.17) is 17.3 Å². The lowest BCUT2D eigenvalue weighted by molar-refractivity contribution is 0.824. The molecule has 0 saturated heterocycles. The predicted molar refractivity (Wildman–Crippen MR) is 80.5 cm³/mol. The summed E-state index contributed by atoms with van der Waals surface area (Å²) in [6.45, 7) is 5.79. The van der Waals surface area contributed by atoms with Gasteiger partial charge in [-0.2, -0.15) is 4.98 Å². The van der Waals surface area contributed by atoms with E-state index in [1.807, 2.05) is 24.3 Å². The number of halogens is 1. The van der Waals surface area contributed by atoms with Crippen LogP contribution in [0.3, 0.4) is 0 Å². The third-order valence-electron chi connectivity index (χ3n) is 2.93. The third-order valence-corrected chi connectivity index (χ3v) is 3.26. The van der Waals surface area contributed by atoms with Crippen LogP contribution in [-0.2, 0) is 0 Å². The molecule has 0 amide bonds. The van der Waals surface area contributed by atoms with Gasteiger partial charge in [-0.3, -0.25) is 0 Å². The summed E-state index contributed by atoms with van der Waals surface area (Å²) in [6.07, 6.45) is 0. The zero-order valence-electron chi connectivity index (χ0n) is 11.1. The number of aromatic nitrogens is 2. The highest BCUT2D eigenvalue weighted by molar-refractivity contribution is 6.33. The van der Waals surface area contributed by atoms with Gasteiger partial charge in [0.05, 0.1) is 5.69 Å². The Morgan fingerprint density at radius 1 is 1.16 bits per heavy atom. The van der Waals surface area contributed by atoms with Crippen molar-refractivity contribution in [1.29, 1.82) is 0 Å². The van der Waals surface area contributed by atoms with E-state index in [-0.39, 0.29) is 0 Å². The molecule has 2 aromatic rings. The van der Waals surface area contributed by atoms with Crippen LogP contribution in [0.4, 0.5) is 11.8 Å². The second-order valence-corrected chi connectivity index (χ2v) is 4.54. The number of benzene rings is 1. The summed E-state index contributed by atoms with van der Waals surface area (Å²) in [4.78, 5) is 10.9. The van der Waals surface area contributed by atoms with E-state index in [9.17, 15) is 0 Å². The summed E-state index contributed by atoms with van der Waals surface area (Å²) in [7, 11) is 0. The first kappa shape index (κ1) is 13.6. The average molecular weight is 277 g/mol. The van der Waals surface area contributed by atoms with Crippen molar-refractivity contribution in [3.8, 4) is 11.3 Å². The number of rotatable bonds is 4. The van der Waals surface area contributed by atoms with Gasteiger partial charge in [0.15, 0.2) is 0 Å². The minimum absolute atomic E-state index is 0.451. The van der Waals surface area contributed by atoms with Crippen molar-refractivity contribution in [2.75, 3.05) is 23.7 Å². The summed E-state index contributed by atoms with van der Waals surface area (Å²) in [6, 6.07) is 9.33. The van der Waals surface area contributed by atoms with Crippen molar-refractivity contribution < 1.29 is 0 Å². The molecule has 0 aliphatic rings. The Kier molecular flexibility index (Phi) is 4.22. The molecule has 0 fully saturated rings. The number of nitrogen functional groups attached to an aromatic ring is 1. The van der Waals surface area contributed by atoms with Gasteiger partial charge in [0.1, 0.15) is 5.82 Å². The molecule has 4 nitrogen and oxygen atoms in total. The minimum atomic E-state index is 0.451. The number of nitrogens with two attached hydrogens (primary N) is 1. The molecule has 0 unspecified atom stereocenters. The lowest BCUT2D eigenvalue weighted by atomic mass is 10.1. The van der Waals surface area contributed by atoms with Crippen LogP contribution in [0, 0.1) is 0 Å². The number of anilines is 2. The topological polar surface area (TPSA) is 55.0 Å². The first-order valence-corrected chi connectivity index (χ1v) is 6.68. The van der Waals surface area contributed by atoms with E-state index in [0.29, 0.717) is 16.8 Å². The number of nitrogens with zero attached hydrogens (tertiary/aromatic N) is 3.